The fourth-order valence-electron chi connectivity index (χ4n) is 4.56. The van der Waals surface area contributed by atoms with Gasteiger partial charge in [0.05, 0.1) is 13.2 Å². The highest BCUT2D eigenvalue weighted by atomic mass is 35.5. The number of rotatable bonds is 2. The van der Waals surface area contributed by atoms with Crippen molar-refractivity contribution in [3.05, 3.63) is 35.9 Å². The van der Waals surface area contributed by atoms with E-state index in [0.29, 0.717) is 25.6 Å². The summed E-state index contributed by atoms with van der Waals surface area (Å²) in [5, 5.41) is 3.02. The summed E-state index contributed by atoms with van der Waals surface area (Å²) >= 11 is 0. The molecule has 1 aliphatic carbocycles. The van der Waals surface area contributed by atoms with Crippen molar-refractivity contribution in [2.45, 2.75) is 43.3 Å². The molecule has 1 saturated carbocycles. The molecule has 1 atom stereocenters. The highest BCUT2D eigenvalue weighted by molar-refractivity contribution is 5.85. The maximum Gasteiger partial charge on any atom is 0.220 e. The molecule has 126 valence electrons. The summed E-state index contributed by atoms with van der Waals surface area (Å²) in [5.74, 6) is 0.212. The van der Waals surface area contributed by atoms with E-state index < -0.39 is 0 Å². The second-order valence-corrected chi connectivity index (χ2v) is 6.83. The average molecular weight is 338 g/mol. The summed E-state index contributed by atoms with van der Waals surface area (Å²) in [5.41, 5.74) is 1.44. The number of carbonyl (C=O) groups excluding carboxylic acids is 1. The van der Waals surface area contributed by atoms with Crippen molar-refractivity contribution in [3.8, 4) is 0 Å². The minimum absolute atomic E-state index is 0. The topological polar surface area (TPSA) is 47.6 Å². The van der Waals surface area contributed by atoms with E-state index in [2.05, 4.69) is 35.6 Å². The molecule has 0 radical (unpaired) electrons. The van der Waals surface area contributed by atoms with Crippen molar-refractivity contribution >= 4 is 18.3 Å². The first kappa shape index (κ1) is 16.7. The van der Waals surface area contributed by atoms with Gasteiger partial charge in [-0.25, -0.2) is 0 Å². The molecule has 23 heavy (non-hydrogen) atoms. The standard InChI is InChI=1S/C18H23NO3.ClH/c20-16-12-15(13-19-16)17(14-4-2-1-3-5-14)6-8-18(9-7-17)21-10-11-22-18;/h1-5,15H,6-13H2,(H,19,20);1H. The predicted molar refractivity (Wildman–Crippen MR) is 89.6 cm³/mol. The molecule has 2 heterocycles. The van der Waals surface area contributed by atoms with E-state index in [9.17, 15) is 4.79 Å². The van der Waals surface area contributed by atoms with Crippen molar-refractivity contribution in [1.82, 2.24) is 5.32 Å². The zero-order chi connectivity index (χ0) is 15.0. The Morgan fingerprint density at radius 2 is 1.65 bits per heavy atom. The quantitative estimate of drug-likeness (QED) is 0.902. The molecule has 0 aromatic heterocycles. The Morgan fingerprint density at radius 1 is 1.00 bits per heavy atom. The number of ether oxygens (including phenoxy) is 2. The SMILES string of the molecule is Cl.O=C1CC(C2(c3ccccc3)CCC3(CC2)OCCO3)CN1. The van der Waals surface area contributed by atoms with Gasteiger partial charge in [-0.05, 0) is 24.3 Å². The van der Waals surface area contributed by atoms with Crippen LogP contribution >= 0.6 is 12.4 Å². The van der Waals surface area contributed by atoms with Crippen LogP contribution in [0.15, 0.2) is 30.3 Å². The van der Waals surface area contributed by atoms with Crippen LogP contribution in [0.5, 0.6) is 0 Å². The van der Waals surface area contributed by atoms with Crippen LogP contribution in [-0.2, 0) is 19.7 Å². The van der Waals surface area contributed by atoms with Crippen LogP contribution in [0.25, 0.3) is 0 Å². The second kappa shape index (κ2) is 6.42. The van der Waals surface area contributed by atoms with Gasteiger partial charge < -0.3 is 14.8 Å². The molecule has 2 saturated heterocycles. The van der Waals surface area contributed by atoms with E-state index in [-0.39, 0.29) is 29.5 Å². The van der Waals surface area contributed by atoms with Crippen LogP contribution in [-0.4, -0.2) is 31.5 Å². The number of halogens is 1. The molecule has 4 rings (SSSR count). The molecule has 4 nitrogen and oxygen atoms in total. The Labute approximate surface area is 143 Å². The zero-order valence-electron chi connectivity index (χ0n) is 13.3. The summed E-state index contributed by atoms with van der Waals surface area (Å²) in [6.45, 7) is 2.21. The summed E-state index contributed by atoms with van der Waals surface area (Å²) in [4.78, 5) is 11.8. The van der Waals surface area contributed by atoms with E-state index in [1.807, 2.05) is 0 Å². The van der Waals surface area contributed by atoms with Gasteiger partial charge in [-0.2, -0.15) is 0 Å². The first-order chi connectivity index (χ1) is 10.7. The molecule has 1 aromatic rings. The van der Waals surface area contributed by atoms with Gasteiger partial charge in [-0.15, -0.1) is 12.4 Å². The summed E-state index contributed by atoms with van der Waals surface area (Å²) in [7, 11) is 0. The Morgan fingerprint density at radius 3 is 2.22 bits per heavy atom. The molecule has 3 fully saturated rings. The maximum atomic E-state index is 11.8. The molecule has 1 N–H and O–H groups in total. The number of nitrogens with one attached hydrogen (secondary N) is 1. The molecule has 1 unspecified atom stereocenters. The average Bonchev–Trinajstić information content (AvgIpc) is 3.20. The number of benzene rings is 1. The van der Waals surface area contributed by atoms with E-state index in [0.717, 1.165) is 32.2 Å². The summed E-state index contributed by atoms with van der Waals surface area (Å²) in [6, 6.07) is 10.7. The summed E-state index contributed by atoms with van der Waals surface area (Å²) < 4.78 is 11.8. The number of amides is 1. The highest BCUT2D eigenvalue weighted by Gasteiger charge is 2.51. The largest absolute Gasteiger partial charge is 0.356 e. The van der Waals surface area contributed by atoms with E-state index >= 15 is 0 Å². The molecule has 5 heteroatoms. The van der Waals surface area contributed by atoms with Crippen LogP contribution in [0, 0.1) is 5.92 Å². The Kier molecular flexibility index (Phi) is 4.68. The van der Waals surface area contributed by atoms with Crippen molar-refractivity contribution in [3.63, 3.8) is 0 Å². The maximum absolute atomic E-state index is 11.8. The van der Waals surface area contributed by atoms with Crippen LogP contribution < -0.4 is 5.32 Å². The Balaban J connectivity index is 0.00000156. The van der Waals surface area contributed by atoms with Gasteiger partial charge in [0, 0.05) is 31.2 Å². The van der Waals surface area contributed by atoms with Gasteiger partial charge in [-0.1, -0.05) is 30.3 Å². The van der Waals surface area contributed by atoms with E-state index in [4.69, 9.17) is 9.47 Å². The molecule has 2 aliphatic heterocycles. The van der Waals surface area contributed by atoms with Gasteiger partial charge in [0.25, 0.3) is 0 Å². The van der Waals surface area contributed by atoms with Crippen LogP contribution in [0.1, 0.15) is 37.7 Å². The third-order valence-electron chi connectivity index (χ3n) is 5.83. The first-order valence-electron chi connectivity index (χ1n) is 8.33. The minimum Gasteiger partial charge on any atom is -0.356 e. The third-order valence-corrected chi connectivity index (χ3v) is 5.83. The lowest BCUT2D eigenvalue weighted by molar-refractivity contribution is -0.187. The predicted octanol–water partition coefficient (Wildman–Crippen LogP) is 2.80. The van der Waals surface area contributed by atoms with Crippen LogP contribution in [0.3, 0.4) is 0 Å². The fourth-order valence-corrected chi connectivity index (χ4v) is 4.56. The zero-order valence-corrected chi connectivity index (χ0v) is 14.1. The Hall–Kier alpha value is -1.10. The lowest BCUT2D eigenvalue weighted by Gasteiger charge is -2.47. The second-order valence-electron chi connectivity index (χ2n) is 6.83. The van der Waals surface area contributed by atoms with Crippen LogP contribution in [0.4, 0.5) is 0 Å². The number of hydrogen-bond donors (Lipinski definition) is 1. The molecular weight excluding hydrogens is 314 g/mol. The molecule has 1 amide bonds. The Bertz CT molecular complexity index is 547. The van der Waals surface area contributed by atoms with Gasteiger partial charge in [0.15, 0.2) is 5.79 Å². The van der Waals surface area contributed by atoms with Crippen molar-refractivity contribution in [1.29, 1.82) is 0 Å². The molecular formula is C18H24ClNO3. The number of carbonyl (C=O) groups is 1. The fraction of sp³-hybridized carbons (Fsp3) is 0.611. The number of hydrogen-bond acceptors (Lipinski definition) is 3. The highest BCUT2D eigenvalue weighted by Crippen LogP contribution is 2.51. The first-order valence-corrected chi connectivity index (χ1v) is 8.33. The monoisotopic (exact) mass is 337 g/mol. The van der Waals surface area contributed by atoms with Gasteiger partial charge in [0.1, 0.15) is 0 Å². The molecule has 0 bridgehead atoms. The smallest absolute Gasteiger partial charge is 0.220 e. The van der Waals surface area contributed by atoms with Crippen molar-refractivity contribution in [2.75, 3.05) is 19.8 Å². The van der Waals surface area contributed by atoms with Gasteiger partial charge in [-0.3, -0.25) is 4.79 Å². The van der Waals surface area contributed by atoms with Crippen molar-refractivity contribution < 1.29 is 14.3 Å². The molecule has 1 spiro atoms. The van der Waals surface area contributed by atoms with Gasteiger partial charge in [0.2, 0.25) is 5.91 Å². The normalized spacial score (nSPS) is 28.3. The molecule has 3 aliphatic rings. The summed E-state index contributed by atoms with van der Waals surface area (Å²) in [6.07, 6.45) is 4.54. The van der Waals surface area contributed by atoms with Crippen LogP contribution in [0.2, 0.25) is 0 Å². The van der Waals surface area contributed by atoms with Crippen molar-refractivity contribution in [2.24, 2.45) is 5.92 Å². The van der Waals surface area contributed by atoms with Gasteiger partial charge >= 0.3 is 0 Å². The minimum atomic E-state index is -0.353. The lowest BCUT2D eigenvalue weighted by Crippen LogP contribution is -2.46. The third kappa shape index (κ3) is 2.88. The van der Waals surface area contributed by atoms with E-state index in [1.165, 1.54) is 5.56 Å². The van der Waals surface area contributed by atoms with E-state index in [1.54, 1.807) is 0 Å². The lowest BCUT2D eigenvalue weighted by atomic mass is 9.60. The molecule has 1 aromatic carbocycles.